The van der Waals surface area contributed by atoms with Crippen molar-refractivity contribution in [2.45, 2.75) is 0 Å². The molecule has 1 heterocycles. The number of rotatable bonds is 5. The molecule has 0 atom stereocenters. The predicted molar refractivity (Wildman–Crippen MR) is 121 cm³/mol. The number of ether oxygens (including phenoxy) is 1. The Morgan fingerprint density at radius 2 is 1.90 bits per heavy atom. The van der Waals surface area contributed by atoms with Crippen LogP contribution in [0.4, 0.5) is 5.69 Å². The predicted octanol–water partition coefficient (Wildman–Crippen LogP) is 4.35. The molecule has 0 aliphatic carbocycles. The van der Waals surface area contributed by atoms with Crippen molar-refractivity contribution < 1.29 is 14.3 Å². The molecule has 0 aromatic heterocycles. The molecule has 1 saturated heterocycles. The van der Waals surface area contributed by atoms with Crippen LogP contribution in [0.5, 0.6) is 5.75 Å². The summed E-state index contributed by atoms with van der Waals surface area (Å²) in [5.74, 6) is 0.0837. The van der Waals surface area contributed by atoms with Crippen molar-refractivity contribution in [3.63, 3.8) is 0 Å². The Morgan fingerprint density at radius 3 is 2.72 bits per heavy atom. The van der Waals surface area contributed by atoms with E-state index in [2.05, 4.69) is 10.6 Å². The van der Waals surface area contributed by atoms with Crippen LogP contribution in [0, 0.1) is 0 Å². The van der Waals surface area contributed by atoms with Crippen LogP contribution in [0.2, 0.25) is 0 Å². The van der Waals surface area contributed by atoms with Gasteiger partial charge in [-0.3, -0.25) is 9.59 Å². The molecule has 4 rings (SSSR count). The number of fused-ring (bicyclic) bond motifs is 1. The van der Waals surface area contributed by atoms with Crippen molar-refractivity contribution in [2.24, 2.45) is 0 Å². The zero-order valence-electron chi connectivity index (χ0n) is 15.2. The summed E-state index contributed by atoms with van der Waals surface area (Å²) >= 11 is 6.21. The van der Waals surface area contributed by atoms with Crippen LogP contribution in [0.15, 0.2) is 71.6 Å². The summed E-state index contributed by atoms with van der Waals surface area (Å²) in [6, 6.07) is 20.8. The molecule has 2 N–H and O–H groups in total. The summed E-state index contributed by atoms with van der Waals surface area (Å²) in [5, 5.41) is 7.50. The molecule has 7 heteroatoms. The van der Waals surface area contributed by atoms with Gasteiger partial charge in [-0.05, 0) is 35.2 Å². The lowest BCUT2D eigenvalue weighted by Crippen LogP contribution is -2.20. The zero-order valence-corrected chi connectivity index (χ0v) is 16.8. The van der Waals surface area contributed by atoms with Crippen LogP contribution < -0.4 is 15.4 Å². The van der Waals surface area contributed by atoms with Crippen molar-refractivity contribution in [3.05, 3.63) is 77.2 Å². The summed E-state index contributed by atoms with van der Waals surface area (Å²) in [5.41, 5.74) is 1.54. The fraction of sp³-hybridized carbons (Fsp3) is 0.0455. The van der Waals surface area contributed by atoms with Gasteiger partial charge in [0, 0.05) is 11.1 Å². The average Bonchev–Trinajstić information content (AvgIpc) is 3.04. The van der Waals surface area contributed by atoms with Crippen molar-refractivity contribution in [1.82, 2.24) is 5.32 Å². The number of hydrogen-bond acceptors (Lipinski definition) is 5. The summed E-state index contributed by atoms with van der Waals surface area (Å²) in [4.78, 5) is 24.7. The smallest absolute Gasteiger partial charge is 0.263 e. The Bertz CT molecular complexity index is 1150. The van der Waals surface area contributed by atoms with Crippen molar-refractivity contribution in [1.29, 1.82) is 0 Å². The first kappa shape index (κ1) is 19.2. The van der Waals surface area contributed by atoms with Gasteiger partial charge in [0.2, 0.25) is 0 Å². The van der Waals surface area contributed by atoms with E-state index in [1.807, 2.05) is 48.5 Å². The Morgan fingerprint density at radius 1 is 1.10 bits per heavy atom. The number of anilines is 1. The van der Waals surface area contributed by atoms with Crippen molar-refractivity contribution >= 4 is 62.7 Å². The number of carbonyl (C=O) groups excluding carboxylic acids is 2. The van der Waals surface area contributed by atoms with E-state index in [0.29, 0.717) is 15.0 Å². The summed E-state index contributed by atoms with van der Waals surface area (Å²) in [6.45, 7) is -0.122. The summed E-state index contributed by atoms with van der Waals surface area (Å²) < 4.78 is 6.07. The van der Waals surface area contributed by atoms with Gasteiger partial charge in [-0.15, -0.1) is 0 Å². The van der Waals surface area contributed by atoms with E-state index in [-0.39, 0.29) is 18.4 Å². The first-order chi connectivity index (χ1) is 14.1. The third kappa shape index (κ3) is 4.64. The number of benzene rings is 3. The maximum absolute atomic E-state index is 12.4. The molecule has 0 saturated carbocycles. The second-order valence-corrected chi connectivity index (χ2v) is 8.01. The first-order valence-corrected chi connectivity index (χ1v) is 10.1. The second-order valence-electron chi connectivity index (χ2n) is 6.29. The molecule has 0 spiro atoms. The lowest BCUT2D eigenvalue weighted by molar-refractivity contribution is -0.118. The fourth-order valence-electron chi connectivity index (χ4n) is 2.94. The molecule has 1 aliphatic rings. The van der Waals surface area contributed by atoms with Crippen LogP contribution in [-0.4, -0.2) is 22.7 Å². The fourth-order valence-corrected chi connectivity index (χ4v) is 3.98. The number of nitrogens with one attached hydrogen (secondary N) is 2. The normalized spacial score (nSPS) is 14.8. The molecule has 29 heavy (non-hydrogen) atoms. The van der Waals surface area contributed by atoms with E-state index < -0.39 is 0 Å². The molecule has 0 unspecified atom stereocenters. The average molecular weight is 421 g/mol. The molecule has 5 nitrogen and oxygen atoms in total. The quantitative estimate of drug-likeness (QED) is 0.475. The van der Waals surface area contributed by atoms with Crippen LogP contribution in [-0.2, 0) is 9.59 Å². The van der Waals surface area contributed by atoms with Crippen molar-refractivity contribution in [3.8, 4) is 5.75 Å². The molecular formula is C22H16N2O3S2. The molecule has 0 radical (unpaired) electrons. The Hall–Kier alpha value is -3.16. The summed E-state index contributed by atoms with van der Waals surface area (Å²) in [6.07, 6.45) is 1.74. The van der Waals surface area contributed by atoms with Gasteiger partial charge < -0.3 is 15.4 Å². The highest BCUT2D eigenvalue weighted by Crippen LogP contribution is 2.27. The van der Waals surface area contributed by atoms with Crippen LogP contribution in [0.3, 0.4) is 0 Å². The maximum atomic E-state index is 12.4. The van der Waals surface area contributed by atoms with Crippen molar-refractivity contribution in [2.75, 3.05) is 11.9 Å². The van der Waals surface area contributed by atoms with E-state index >= 15 is 0 Å². The van der Waals surface area contributed by atoms with Gasteiger partial charge >= 0.3 is 0 Å². The molecule has 3 aromatic rings. The number of carbonyl (C=O) groups is 2. The van der Waals surface area contributed by atoms with Gasteiger partial charge in [-0.25, -0.2) is 0 Å². The minimum Gasteiger partial charge on any atom is -0.484 e. The third-order valence-corrected chi connectivity index (χ3v) is 5.39. The monoisotopic (exact) mass is 420 g/mol. The van der Waals surface area contributed by atoms with E-state index in [4.69, 9.17) is 17.0 Å². The Kier molecular flexibility index (Phi) is 5.59. The maximum Gasteiger partial charge on any atom is 0.263 e. The molecule has 1 fully saturated rings. The minimum absolute atomic E-state index is 0.122. The highest BCUT2D eigenvalue weighted by molar-refractivity contribution is 8.26. The van der Waals surface area contributed by atoms with Gasteiger partial charge in [0.25, 0.3) is 11.8 Å². The number of hydrogen-bond donors (Lipinski definition) is 2. The van der Waals surface area contributed by atoms with E-state index in [0.717, 1.165) is 22.0 Å². The van der Waals surface area contributed by atoms with Gasteiger partial charge in [0.15, 0.2) is 6.61 Å². The third-order valence-electron chi connectivity index (χ3n) is 4.23. The summed E-state index contributed by atoms with van der Waals surface area (Å²) in [7, 11) is 0. The van der Waals surface area contributed by atoms with Gasteiger partial charge in [-0.2, -0.15) is 0 Å². The molecule has 1 aliphatic heterocycles. The molecule has 2 amide bonds. The van der Waals surface area contributed by atoms with Gasteiger partial charge in [-0.1, -0.05) is 72.5 Å². The van der Waals surface area contributed by atoms with Gasteiger partial charge in [0.05, 0.1) is 4.91 Å². The highest BCUT2D eigenvalue weighted by Gasteiger charge is 2.21. The number of thiocarbonyl (C=S) groups is 1. The molecule has 0 bridgehead atoms. The van der Waals surface area contributed by atoms with Crippen LogP contribution in [0.25, 0.3) is 16.8 Å². The number of thioether (sulfide) groups is 1. The largest absolute Gasteiger partial charge is 0.484 e. The Labute approximate surface area is 177 Å². The topological polar surface area (TPSA) is 67.4 Å². The number of amides is 2. The molecule has 144 valence electrons. The van der Waals surface area contributed by atoms with E-state index in [1.54, 1.807) is 24.3 Å². The second kappa shape index (κ2) is 8.46. The highest BCUT2D eigenvalue weighted by atomic mass is 32.2. The minimum atomic E-state index is -0.249. The SMILES string of the molecule is O=C(COc1cccc(/C=C2\SC(=S)NC2=O)c1)Nc1cccc2ccccc12. The van der Waals surface area contributed by atoms with Crippen LogP contribution >= 0.6 is 24.0 Å². The van der Waals surface area contributed by atoms with E-state index in [1.165, 1.54) is 11.8 Å². The lowest BCUT2D eigenvalue weighted by Gasteiger charge is -2.10. The van der Waals surface area contributed by atoms with Gasteiger partial charge in [0.1, 0.15) is 10.1 Å². The first-order valence-electron chi connectivity index (χ1n) is 8.84. The standard InChI is InChI=1S/C22H16N2O3S2/c25-20(23-18-10-4-7-15-6-1-2-9-17(15)18)13-27-16-8-3-5-14(11-16)12-19-21(26)24-22(28)29-19/h1-12H,13H2,(H,23,25)(H,24,26,28)/b19-12-. The molecular weight excluding hydrogens is 404 g/mol. The Balaban J connectivity index is 1.41. The lowest BCUT2D eigenvalue weighted by atomic mass is 10.1. The van der Waals surface area contributed by atoms with E-state index in [9.17, 15) is 9.59 Å². The molecule has 3 aromatic carbocycles. The zero-order chi connectivity index (χ0) is 20.2. The van der Waals surface area contributed by atoms with Crippen LogP contribution in [0.1, 0.15) is 5.56 Å².